The number of halogens is 1. The smallest absolute Gasteiger partial charge is 0.123 e. The first-order valence-corrected chi connectivity index (χ1v) is 6.56. The van der Waals surface area contributed by atoms with E-state index < -0.39 is 0 Å². The summed E-state index contributed by atoms with van der Waals surface area (Å²) in [5, 5.41) is 7.58. The highest BCUT2D eigenvalue weighted by molar-refractivity contribution is 5.27. The van der Waals surface area contributed by atoms with Crippen molar-refractivity contribution in [1.82, 2.24) is 15.1 Å². The summed E-state index contributed by atoms with van der Waals surface area (Å²) < 4.78 is 15.3. The maximum Gasteiger partial charge on any atom is 0.123 e. The Morgan fingerprint density at radius 3 is 2.74 bits per heavy atom. The van der Waals surface area contributed by atoms with Crippen molar-refractivity contribution in [2.45, 2.75) is 26.3 Å². The van der Waals surface area contributed by atoms with Crippen molar-refractivity contribution in [3.05, 3.63) is 53.1 Å². The Hall–Kier alpha value is -1.68. The Kier molecular flexibility index (Phi) is 4.32. The first-order valence-electron chi connectivity index (χ1n) is 6.56. The molecule has 2 aromatic rings. The van der Waals surface area contributed by atoms with Gasteiger partial charge in [-0.1, -0.05) is 13.0 Å². The molecule has 19 heavy (non-hydrogen) atoms. The molecule has 0 spiro atoms. The van der Waals surface area contributed by atoms with Gasteiger partial charge in [0.2, 0.25) is 0 Å². The molecule has 1 unspecified atom stereocenters. The third-order valence-electron chi connectivity index (χ3n) is 3.12. The number of nitrogens with one attached hydrogen (secondary N) is 1. The lowest BCUT2D eigenvalue weighted by atomic mass is 9.99. The topological polar surface area (TPSA) is 29.9 Å². The van der Waals surface area contributed by atoms with Gasteiger partial charge in [0, 0.05) is 19.3 Å². The van der Waals surface area contributed by atoms with E-state index in [9.17, 15) is 4.39 Å². The number of aryl methyl sites for hydroxylation is 2. The van der Waals surface area contributed by atoms with Gasteiger partial charge >= 0.3 is 0 Å². The molecule has 0 bridgehead atoms. The van der Waals surface area contributed by atoms with Crippen LogP contribution in [0.3, 0.4) is 0 Å². The molecule has 0 amide bonds. The van der Waals surface area contributed by atoms with Crippen LogP contribution in [0.1, 0.15) is 29.7 Å². The molecule has 0 aliphatic carbocycles. The van der Waals surface area contributed by atoms with Crippen LogP contribution in [-0.2, 0) is 13.5 Å². The molecule has 1 aromatic heterocycles. The summed E-state index contributed by atoms with van der Waals surface area (Å²) >= 11 is 0. The van der Waals surface area contributed by atoms with E-state index in [1.807, 2.05) is 32.4 Å². The van der Waals surface area contributed by atoms with Crippen molar-refractivity contribution >= 4 is 0 Å². The fourth-order valence-electron chi connectivity index (χ4n) is 2.33. The molecular weight excluding hydrogens is 241 g/mol. The van der Waals surface area contributed by atoms with E-state index in [0.717, 1.165) is 29.7 Å². The Morgan fingerprint density at radius 2 is 2.16 bits per heavy atom. The van der Waals surface area contributed by atoms with Crippen LogP contribution in [-0.4, -0.2) is 16.3 Å². The maximum absolute atomic E-state index is 13.5. The van der Waals surface area contributed by atoms with Crippen LogP contribution in [0.25, 0.3) is 0 Å². The average molecular weight is 261 g/mol. The van der Waals surface area contributed by atoms with Crippen LogP contribution in [0, 0.1) is 12.7 Å². The molecule has 2 rings (SSSR count). The molecule has 1 aromatic carbocycles. The van der Waals surface area contributed by atoms with Gasteiger partial charge in [-0.2, -0.15) is 5.10 Å². The van der Waals surface area contributed by atoms with Crippen LogP contribution < -0.4 is 5.32 Å². The Labute approximate surface area is 113 Å². The second-order valence-corrected chi connectivity index (χ2v) is 4.90. The third kappa shape index (κ3) is 3.64. The molecule has 1 atom stereocenters. The molecule has 1 heterocycles. The quantitative estimate of drug-likeness (QED) is 0.897. The lowest BCUT2D eigenvalue weighted by Crippen LogP contribution is -2.23. The first-order chi connectivity index (χ1) is 9.08. The van der Waals surface area contributed by atoms with Crippen LogP contribution in [0.2, 0.25) is 0 Å². The van der Waals surface area contributed by atoms with Crippen LogP contribution in [0.15, 0.2) is 30.6 Å². The van der Waals surface area contributed by atoms with Crippen molar-refractivity contribution in [1.29, 1.82) is 0 Å². The number of benzene rings is 1. The molecule has 0 saturated heterocycles. The van der Waals surface area contributed by atoms with Crippen molar-refractivity contribution in [3.8, 4) is 0 Å². The van der Waals surface area contributed by atoms with Gasteiger partial charge in [-0.05, 0) is 48.7 Å². The second kappa shape index (κ2) is 5.97. The first kappa shape index (κ1) is 13.7. The number of nitrogens with zero attached hydrogens (tertiary/aromatic N) is 2. The highest BCUT2D eigenvalue weighted by atomic mass is 19.1. The van der Waals surface area contributed by atoms with Crippen molar-refractivity contribution in [2.24, 2.45) is 7.05 Å². The largest absolute Gasteiger partial charge is 0.310 e. The van der Waals surface area contributed by atoms with Crippen molar-refractivity contribution in [3.63, 3.8) is 0 Å². The summed E-state index contributed by atoms with van der Waals surface area (Å²) in [7, 11) is 1.90. The average Bonchev–Trinajstić information content (AvgIpc) is 2.73. The minimum absolute atomic E-state index is 0.114. The van der Waals surface area contributed by atoms with Gasteiger partial charge in [0.25, 0.3) is 0 Å². The summed E-state index contributed by atoms with van der Waals surface area (Å²) in [6, 6.07) is 5.31. The molecular formula is C15H20FN3. The van der Waals surface area contributed by atoms with E-state index in [1.54, 1.807) is 16.8 Å². The maximum atomic E-state index is 13.5. The number of aromatic nitrogens is 2. The molecule has 1 N–H and O–H groups in total. The number of likely N-dealkylation sites (N-methyl/N-ethyl adjacent to an activating group) is 1. The Balaban J connectivity index is 2.23. The molecule has 0 saturated carbocycles. The van der Waals surface area contributed by atoms with Crippen molar-refractivity contribution < 1.29 is 4.39 Å². The predicted molar refractivity (Wildman–Crippen MR) is 74.5 cm³/mol. The van der Waals surface area contributed by atoms with E-state index >= 15 is 0 Å². The van der Waals surface area contributed by atoms with Crippen LogP contribution in [0.5, 0.6) is 0 Å². The second-order valence-electron chi connectivity index (χ2n) is 4.90. The standard InChI is InChI=1S/C15H20FN3/c1-4-17-15(7-12-9-18-19(3)10-12)13-5-11(2)6-14(16)8-13/h5-6,8-10,15,17H,4,7H2,1-3H3. The molecule has 3 nitrogen and oxygen atoms in total. The predicted octanol–water partition coefficient (Wildman–Crippen LogP) is 2.76. The van der Waals surface area contributed by atoms with E-state index in [-0.39, 0.29) is 11.9 Å². The van der Waals surface area contributed by atoms with Gasteiger partial charge in [0.1, 0.15) is 5.82 Å². The van der Waals surface area contributed by atoms with E-state index in [0.29, 0.717) is 0 Å². The Bertz CT molecular complexity index is 528. The summed E-state index contributed by atoms with van der Waals surface area (Å²) in [5.74, 6) is -0.177. The Morgan fingerprint density at radius 1 is 1.37 bits per heavy atom. The molecule has 4 heteroatoms. The summed E-state index contributed by atoms with van der Waals surface area (Å²) in [4.78, 5) is 0. The number of rotatable bonds is 5. The van der Waals surface area contributed by atoms with Crippen LogP contribution in [0.4, 0.5) is 4.39 Å². The zero-order chi connectivity index (χ0) is 13.8. The SMILES string of the molecule is CCNC(Cc1cnn(C)c1)c1cc(C)cc(F)c1. The van der Waals surface area contributed by atoms with Crippen LogP contribution >= 0.6 is 0 Å². The zero-order valence-electron chi connectivity index (χ0n) is 11.7. The van der Waals surface area contributed by atoms with E-state index in [1.165, 1.54) is 0 Å². The molecule has 0 fully saturated rings. The van der Waals surface area contributed by atoms with E-state index in [2.05, 4.69) is 17.3 Å². The fraction of sp³-hybridized carbons (Fsp3) is 0.400. The monoisotopic (exact) mass is 261 g/mol. The fourth-order valence-corrected chi connectivity index (χ4v) is 2.33. The van der Waals surface area contributed by atoms with Gasteiger partial charge in [-0.3, -0.25) is 4.68 Å². The zero-order valence-corrected chi connectivity index (χ0v) is 11.7. The summed E-state index contributed by atoms with van der Waals surface area (Å²) in [5.41, 5.74) is 3.09. The minimum Gasteiger partial charge on any atom is -0.310 e. The normalized spacial score (nSPS) is 12.6. The lowest BCUT2D eigenvalue weighted by Gasteiger charge is -2.18. The summed E-state index contributed by atoms with van der Waals surface area (Å²) in [6.45, 7) is 4.82. The highest BCUT2D eigenvalue weighted by Crippen LogP contribution is 2.20. The van der Waals surface area contributed by atoms with E-state index in [4.69, 9.17) is 0 Å². The van der Waals surface area contributed by atoms with Gasteiger partial charge in [-0.15, -0.1) is 0 Å². The minimum atomic E-state index is -0.177. The summed E-state index contributed by atoms with van der Waals surface area (Å²) in [6.07, 6.45) is 4.66. The molecule has 0 radical (unpaired) electrons. The van der Waals surface area contributed by atoms with Gasteiger partial charge in [-0.25, -0.2) is 4.39 Å². The molecule has 0 aliphatic heterocycles. The van der Waals surface area contributed by atoms with Crippen molar-refractivity contribution in [2.75, 3.05) is 6.54 Å². The number of hydrogen-bond donors (Lipinski definition) is 1. The lowest BCUT2D eigenvalue weighted by molar-refractivity contribution is 0.542. The third-order valence-corrected chi connectivity index (χ3v) is 3.12. The van der Waals surface area contributed by atoms with Gasteiger partial charge in [0.15, 0.2) is 0 Å². The molecule has 0 aliphatic rings. The van der Waals surface area contributed by atoms with Gasteiger partial charge in [0.05, 0.1) is 6.20 Å². The van der Waals surface area contributed by atoms with Gasteiger partial charge < -0.3 is 5.32 Å². The highest BCUT2D eigenvalue weighted by Gasteiger charge is 2.13. The number of hydrogen-bond acceptors (Lipinski definition) is 2. The molecule has 102 valence electrons.